The van der Waals surface area contributed by atoms with Crippen molar-refractivity contribution in [3.8, 4) is 5.75 Å². The maximum Gasteiger partial charge on any atom is 0.231 e. The van der Waals surface area contributed by atoms with Crippen molar-refractivity contribution in [3.05, 3.63) is 59.2 Å². The van der Waals surface area contributed by atoms with E-state index in [1.54, 1.807) is 17.0 Å². The largest absolute Gasteiger partial charge is 0.494 e. The molecule has 0 saturated carbocycles. The smallest absolute Gasteiger partial charge is 0.231 e. The SMILES string of the molecule is COc1ccc(CC(=O)N2CCCc3ccc(F)cc32)cc1F. The Morgan fingerprint density at radius 2 is 2.04 bits per heavy atom. The number of nitrogens with zero attached hydrogens (tertiary/aromatic N) is 1. The summed E-state index contributed by atoms with van der Waals surface area (Å²) in [4.78, 5) is 14.1. The molecule has 1 amide bonds. The fourth-order valence-electron chi connectivity index (χ4n) is 2.90. The van der Waals surface area contributed by atoms with Crippen molar-refractivity contribution in [2.45, 2.75) is 19.3 Å². The number of aryl methyl sites for hydroxylation is 1. The van der Waals surface area contributed by atoms with Crippen molar-refractivity contribution in [3.63, 3.8) is 0 Å². The Hall–Kier alpha value is -2.43. The van der Waals surface area contributed by atoms with Crippen LogP contribution in [0, 0.1) is 11.6 Å². The number of methoxy groups -OCH3 is 1. The van der Waals surface area contributed by atoms with Gasteiger partial charge in [-0.1, -0.05) is 12.1 Å². The third-order valence-corrected chi connectivity index (χ3v) is 4.04. The van der Waals surface area contributed by atoms with Gasteiger partial charge in [0.25, 0.3) is 0 Å². The molecule has 1 aliphatic heterocycles. The summed E-state index contributed by atoms with van der Waals surface area (Å²) < 4.78 is 32.1. The van der Waals surface area contributed by atoms with Gasteiger partial charge in [-0.3, -0.25) is 4.79 Å². The lowest BCUT2D eigenvalue weighted by molar-refractivity contribution is -0.118. The summed E-state index contributed by atoms with van der Waals surface area (Å²) in [7, 11) is 1.39. The van der Waals surface area contributed by atoms with E-state index in [0.717, 1.165) is 18.4 Å². The monoisotopic (exact) mass is 317 g/mol. The van der Waals surface area contributed by atoms with Crippen LogP contribution < -0.4 is 9.64 Å². The molecule has 0 fully saturated rings. The van der Waals surface area contributed by atoms with Crippen LogP contribution in [0.5, 0.6) is 5.75 Å². The molecule has 0 unspecified atom stereocenters. The lowest BCUT2D eigenvalue weighted by Gasteiger charge is -2.29. The number of rotatable bonds is 3. The van der Waals surface area contributed by atoms with Crippen LogP contribution in [-0.2, 0) is 17.6 Å². The van der Waals surface area contributed by atoms with E-state index in [4.69, 9.17) is 4.74 Å². The fourth-order valence-corrected chi connectivity index (χ4v) is 2.90. The third kappa shape index (κ3) is 3.18. The predicted octanol–water partition coefficient (Wildman–Crippen LogP) is 3.50. The summed E-state index contributed by atoms with van der Waals surface area (Å²) in [6, 6.07) is 8.98. The molecule has 1 aliphatic rings. The highest BCUT2D eigenvalue weighted by Crippen LogP contribution is 2.28. The molecule has 0 bridgehead atoms. The maximum atomic E-state index is 13.7. The summed E-state index contributed by atoms with van der Waals surface area (Å²) in [6.45, 7) is 0.550. The highest BCUT2D eigenvalue weighted by atomic mass is 19.1. The van der Waals surface area contributed by atoms with Crippen LogP contribution in [0.15, 0.2) is 36.4 Å². The number of fused-ring (bicyclic) bond motifs is 1. The van der Waals surface area contributed by atoms with Crippen LogP contribution in [0.2, 0.25) is 0 Å². The van der Waals surface area contributed by atoms with Gasteiger partial charge in [0, 0.05) is 12.2 Å². The molecule has 0 aromatic heterocycles. The van der Waals surface area contributed by atoms with Gasteiger partial charge < -0.3 is 9.64 Å². The fraction of sp³-hybridized carbons (Fsp3) is 0.278. The highest BCUT2D eigenvalue weighted by Gasteiger charge is 2.23. The zero-order valence-electron chi connectivity index (χ0n) is 12.8. The van der Waals surface area contributed by atoms with Gasteiger partial charge in [-0.2, -0.15) is 0 Å². The average molecular weight is 317 g/mol. The van der Waals surface area contributed by atoms with Crippen molar-refractivity contribution >= 4 is 11.6 Å². The summed E-state index contributed by atoms with van der Waals surface area (Å²) >= 11 is 0. The second-order valence-corrected chi connectivity index (χ2v) is 5.57. The van der Waals surface area contributed by atoms with E-state index >= 15 is 0 Å². The minimum atomic E-state index is -0.497. The van der Waals surface area contributed by atoms with Crippen molar-refractivity contribution in [2.75, 3.05) is 18.6 Å². The number of amides is 1. The van der Waals surface area contributed by atoms with E-state index in [1.165, 1.54) is 31.4 Å². The third-order valence-electron chi connectivity index (χ3n) is 4.04. The van der Waals surface area contributed by atoms with E-state index in [1.807, 2.05) is 0 Å². The minimum absolute atomic E-state index is 0.0663. The van der Waals surface area contributed by atoms with Gasteiger partial charge in [0.15, 0.2) is 11.6 Å². The van der Waals surface area contributed by atoms with Crippen molar-refractivity contribution < 1.29 is 18.3 Å². The second kappa shape index (κ2) is 6.36. The summed E-state index contributed by atoms with van der Waals surface area (Å²) in [5.41, 5.74) is 2.15. The first-order chi connectivity index (χ1) is 11.1. The first-order valence-electron chi connectivity index (χ1n) is 7.49. The molecular formula is C18H17F2NO2. The highest BCUT2D eigenvalue weighted by molar-refractivity contribution is 5.95. The van der Waals surface area contributed by atoms with Crippen LogP contribution in [0.4, 0.5) is 14.5 Å². The van der Waals surface area contributed by atoms with Crippen LogP contribution in [0.1, 0.15) is 17.5 Å². The number of ether oxygens (including phenoxy) is 1. The van der Waals surface area contributed by atoms with Crippen molar-refractivity contribution in [2.24, 2.45) is 0 Å². The van der Waals surface area contributed by atoms with E-state index in [-0.39, 0.29) is 23.9 Å². The molecule has 5 heteroatoms. The van der Waals surface area contributed by atoms with Gasteiger partial charge in [-0.05, 0) is 48.2 Å². The summed E-state index contributed by atoms with van der Waals surface area (Å²) in [6.07, 6.45) is 1.73. The maximum absolute atomic E-state index is 13.7. The van der Waals surface area contributed by atoms with Crippen LogP contribution in [-0.4, -0.2) is 19.6 Å². The van der Waals surface area contributed by atoms with Crippen molar-refractivity contribution in [1.82, 2.24) is 0 Å². The number of halogens is 2. The number of hydrogen-bond acceptors (Lipinski definition) is 2. The molecule has 23 heavy (non-hydrogen) atoms. The van der Waals surface area contributed by atoms with Gasteiger partial charge in [0.1, 0.15) is 5.82 Å². The molecule has 0 N–H and O–H groups in total. The molecule has 2 aromatic rings. The quantitative estimate of drug-likeness (QED) is 0.867. The molecule has 0 atom stereocenters. The Kier molecular flexibility index (Phi) is 4.28. The van der Waals surface area contributed by atoms with Crippen molar-refractivity contribution in [1.29, 1.82) is 0 Å². The zero-order valence-corrected chi connectivity index (χ0v) is 12.8. The zero-order chi connectivity index (χ0) is 16.4. The molecule has 0 aliphatic carbocycles. The molecule has 0 radical (unpaired) electrons. The van der Waals surface area contributed by atoms with Gasteiger partial charge in [-0.25, -0.2) is 8.78 Å². The molecule has 3 rings (SSSR count). The first-order valence-corrected chi connectivity index (χ1v) is 7.49. The second-order valence-electron chi connectivity index (χ2n) is 5.57. The average Bonchev–Trinajstić information content (AvgIpc) is 2.54. The van der Waals surface area contributed by atoms with E-state index in [2.05, 4.69) is 0 Å². The number of carbonyl (C=O) groups is 1. The summed E-state index contributed by atoms with van der Waals surface area (Å²) in [5.74, 6) is -0.880. The molecule has 1 heterocycles. The van der Waals surface area contributed by atoms with E-state index in [0.29, 0.717) is 17.8 Å². The summed E-state index contributed by atoms with van der Waals surface area (Å²) in [5, 5.41) is 0. The van der Waals surface area contributed by atoms with Gasteiger partial charge >= 0.3 is 0 Å². The van der Waals surface area contributed by atoms with Gasteiger partial charge in [0.05, 0.1) is 13.5 Å². The molecular weight excluding hydrogens is 300 g/mol. The molecule has 3 nitrogen and oxygen atoms in total. The van der Waals surface area contributed by atoms with E-state index < -0.39 is 5.82 Å². The van der Waals surface area contributed by atoms with Gasteiger partial charge in [0.2, 0.25) is 5.91 Å². The lowest BCUT2D eigenvalue weighted by atomic mass is 10.0. The minimum Gasteiger partial charge on any atom is -0.494 e. The lowest BCUT2D eigenvalue weighted by Crippen LogP contribution is -2.36. The Morgan fingerprint density at radius 3 is 2.78 bits per heavy atom. The predicted molar refractivity (Wildman–Crippen MR) is 83.7 cm³/mol. The molecule has 120 valence electrons. The van der Waals surface area contributed by atoms with E-state index in [9.17, 15) is 13.6 Å². The Labute approximate surface area is 133 Å². The number of anilines is 1. The molecule has 0 spiro atoms. The first kappa shape index (κ1) is 15.5. The molecule has 2 aromatic carbocycles. The normalized spacial score (nSPS) is 13.6. The molecule has 0 saturated heterocycles. The number of carbonyl (C=O) groups excluding carboxylic acids is 1. The standard InChI is InChI=1S/C18H17F2NO2/c1-23-17-7-4-12(9-15(17)20)10-18(22)21-8-2-3-13-5-6-14(19)11-16(13)21/h4-7,9,11H,2-3,8,10H2,1H3. The van der Waals surface area contributed by atoms with Crippen LogP contribution >= 0.6 is 0 Å². The Bertz CT molecular complexity index is 746. The van der Waals surface area contributed by atoms with Crippen LogP contribution in [0.25, 0.3) is 0 Å². The Balaban J connectivity index is 1.82. The van der Waals surface area contributed by atoms with Gasteiger partial charge in [-0.15, -0.1) is 0 Å². The Morgan fingerprint density at radius 1 is 1.22 bits per heavy atom. The topological polar surface area (TPSA) is 29.5 Å². The number of benzene rings is 2. The van der Waals surface area contributed by atoms with Crippen LogP contribution in [0.3, 0.4) is 0 Å². The number of hydrogen-bond donors (Lipinski definition) is 0.